The second-order valence-electron chi connectivity index (χ2n) is 5.51. The zero-order valence-electron chi connectivity index (χ0n) is 14.0. The molecule has 0 aromatic heterocycles. The molecule has 0 aliphatic carbocycles. The molecule has 1 aromatic rings. The van der Waals surface area contributed by atoms with E-state index < -0.39 is 17.2 Å². The van der Waals surface area contributed by atoms with Gasteiger partial charge in [0.15, 0.2) is 0 Å². The third-order valence-corrected chi connectivity index (χ3v) is 4.73. The average molecular weight is 369 g/mol. The Hall–Kier alpha value is -2.49. The van der Waals surface area contributed by atoms with Crippen LogP contribution in [-0.2, 0) is 9.63 Å². The molecule has 1 heterocycles. The van der Waals surface area contributed by atoms with Gasteiger partial charge in [0.25, 0.3) is 16.2 Å². The summed E-state index contributed by atoms with van der Waals surface area (Å²) in [5, 5.41) is 11.7. The summed E-state index contributed by atoms with van der Waals surface area (Å²) in [4.78, 5) is 40.8. The van der Waals surface area contributed by atoms with Gasteiger partial charge in [-0.05, 0) is 31.2 Å². The molecule has 1 aromatic carbocycles. The lowest BCUT2D eigenvalue weighted by molar-refractivity contribution is -0.758. The molecule has 2 rings (SSSR count). The Morgan fingerprint density at radius 2 is 2.08 bits per heavy atom. The van der Waals surface area contributed by atoms with Gasteiger partial charge < -0.3 is 19.8 Å². The van der Waals surface area contributed by atoms with Crippen LogP contribution in [0.15, 0.2) is 24.3 Å². The van der Waals surface area contributed by atoms with Gasteiger partial charge >= 0.3 is 0 Å². The predicted molar refractivity (Wildman–Crippen MR) is 92.3 cm³/mol. The van der Waals surface area contributed by atoms with Crippen LogP contribution < -0.4 is 15.0 Å². The van der Waals surface area contributed by atoms with Crippen LogP contribution in [0.4, 0.5) is 10.5 Å². The fourth-order valence-electron chi connectivity index (χ4n) is 2.51. The standard InChI is InChI=1S/C15H19N3O6S/c1-9(8-24-18(21)22)17(11-4-6-12(23-3)7-5-11)14(19)13-10(2)25-15(20)16-13/h4-7,9-10,13H,8H2,1-3H3,(H,16,20). The van der Waals surface area contributed by atoms with Gasteiger partial charge in [-0.2, -0.15) is 0 Å². The number of hydrogen-bond acceptors (Lipinski definition) is 7. The Bertz CT molecular complexity index is 653. The fraction of sp³-hybridized carbons (Fsp3) is 0.467. The number of carbonyl (C=O) groups excluding carboxylic acids is 2. The fourth-order valence-corrected chi connectivity index (χ4v) is 3.37. The monoisotopic (exact) mass is 369 g/mol. The number of amides is 2. The summed E-state index contributed by atoms with van der Waals surface area (Å²) in [5.74, 6) is 0.263. The number of carbonyl (C=O) groups is 2. The first-order valence-corrected chi connectivity index (χ1v) is 8.43. The number of anilines is 1. The summed E-state index contributed by atoms with van der Waals surface area (Å²) in [6, 6.07) is 5.39. The molecular weight excluding hydrogens is 350 g/mol. The van der Waals surface area contributed by atoms with Crippen LogP contribution in [0, 0.1) is 10.1 Å². The molecule has 2 amide bonds. The van der Waals surface area contributed by atoms with Crippen LogP contribution in [0.2, 0.25) is 0 Å². The number of nitrogens with zero attached hydrogens (tertiary/aromatic N) is 2. The molecule has 1 aliphatic heterocycles. The predicted octanol–water partition coefficient (Wildman–Crippen LogP) is 1.84. The molecule has 1 fully saturated rings. The van der Waals surface area contributed by atoms with E-state index in [1.54, 1.807) is 38.1 Å². The lowest BCUT2D eigenvalue weighted by Crippen LogP contribution is -2.52. The summed E-state index contributed by atoms with van der Waals surface area (Å²) in [6.45, 7) is 3.13. The smallest absolute Gasteiger partial charge is 0.294 e. The molecule has 1 saturated heterocycles. The van der Waals surface area contributed by atoms with E-state index in [0.717, 1.165) is 11.8 Å². The van der Waals surface area contributed by atoms with Gasteiger partial charge in [0.1, 0.15) is 18.4 Å². The number of thioether (sulfide) groups is 1. The zero-order valence-corrected chi connectivity index (χ0v) is 14.8. The van der Waals surface area contributed by atoms with Crippen molar-refractivity contribution >= 4 is 28.6 Å². The molecule has 136 valence electrons. The largest absolute Gasteiger partial charge is 0.497 e. The van der Waals surface area contributed by atoms with E-state index in [4.69, 9.17) is 4.74 Å². The minimum atomic E-state index is -0.900. The van der Waals surface area contributed by atoms with Gasteiger partial charge in [0.05, 0.1) is 13.2 Å². The van der Waals surface area contributed by atoms with E-state index in [0.29, 0.717) is 11.4 Å². The van der Waals surface area contributed by atoms with E-state index in [1.807, 2.05) is 0 Å². The summed E-state index contributed by atoms with van der Waals surface area (Å²) >= 11 is 1.05. The third-order valence-electron chi connectivity index (χ3n) is 3.75. The number of ether oxygens (including phenoxy) is 1. The van der Waals surface area contributed by atoms with E-state index in [9.17, 15) is 19.7 Å². The Morgan fingerprint density at radius 3 is 2.56 bits per heavy atom. The minimum absolute atomic E-state index is 0.246. The quantitative estimate of drug-likeness (QED) is 0.576. The van der Waals surface area contributed by atoms with Crippen molar-refractivity contribution in [2.75, 3.05) is 18.6 Å². The number of rotatable bonds is 7. The Kier molecular flexibility index (Phi) is 6.07. The molecule has 9 nitrogen and oxygen atoms in total. The summed E-state index contributed by atoms with van der Waals surface area (Å²) in [7, 11) is 1.53. The van der Waals surface area contributed by atoms with Crippen molar-refractivity contribution in [3.63, 3.8) is 0 Å². The molecule has 0 saturated carbocycles. The highest BCUT2D eigenvalue weighted by molar-refractivity contribution is 8.14. The van der Waals surface area contributed by atoms with Crippen molar-refractivity contribution in [2.24, 2.45) is 0 Å². The first-order valence-electron chi connectivity index (χ1n) is 7.55. The van der Waals surface area contributed by atoms with Crippen LogP contribution in [0.5, 0.6) is 5.75 Å². The van der Waals surface area contributed by atoms with Crippen LogP contribution in [0.3, 0.4) is 0 Å². The van der Waals surface area contributed by atoms with Gasteiger partial charge in [-0.25, -0.2) is 0 Å². The maximum absolute atomic E-state index is 13.0. The summed E-state index contributed by atoms with van der Waals surface area (Å²) < 4.78 is 5.10. The molecule has 25 heavy (non-hydrogen) atoms. The molecule has 3 unspecified atom stereocenters. The van der Waals surface area contributed by atoms with E-state index >= 15 is 0 Å². The lowest BCUT2D eigenvalue weighted by Gasteiger charge is -2.31. The number of hydrogen-bond donors (Lipinski definition) is 1. The maximum Gasteiger partial charge on any atom is 0.294 e. The molecule has 3 atom stereocenters. The Morgan fingerprint density at radius 1 is 1.44 bits per heavy atom. The van der Waals surface area contributed by atoms with Crippen molar-refractivity contribution in [2.45, 2.75) is 31.2 Å². The SMILES string of the molecule is COc1ccc(N(C(=O)C2NC(=O)SC2C)C(C)CO[N+](=O)[O-])cc1. The topological polar surface area (TPSA) is 111 Å². The van der Waals surface area contributed by atoms with E-state index in [1.165, 1.54) is 12.0 Å². The van der Waals surface area contributed by atoms with Crippen LogP contribution in [0.25, 0.3) is 0 Å². The Balaban J connectivity index is 2.28. The molecule has 1 aliphatic rings. The van der Waals surface area contributed by atoms with Crippen molar-refractivity contribution in [3.8, 4) is 5.75 Å². The van der Waals surface area contributed by atoms with E-state index in [-0.39, 0.29) is 23.0 Å². The van der Waals surface area contributed by atoms with Crippen LogP contribution >= 0.6 is 11.8 Å². The molecular formula is C15H19N3O6S. The van der Waals surface area contributed by atoms with Gasteiger partial charge in [0.2, 0.25) is 0 Å². The molecule has 1 N–H and O–H groups in total. The molecule has 10 heteroatoms. The van der Waals surface area contributed by atoms with E-state index in [2.05, 4.69) is 10.2 Å². The lowest BCUT2D eigenvalue weighted by atomic mass is 10.1. The van der Waals surface area contributed by atoms with Crippen LogP contribution in [0.1, 0.15) is 13.8 Å². The van der Waals surface area contributed by atoms with Crippen LogP contribution in [-0.4, -0.2) is 47.3 Å². The molecule has 0 spiro atoms. The third kappa shape index (κ3) is 4.53. The van der Waals surface area contributed by atoms with Crippen molar-refractivity contribution in [3.05, 3.63) is 34.4 Å². The highest BCUT2D eigenvalue weighted by atomic mass is 32.2. The van der Waals surface area contributed by atoms with Gasteiger partial charge in [-0.3, -0.25) is 9.59 Å². The molecule has 0 radical (unpaired) electrons. The average Bonchev–Trinajstić information content (AvgIpc) is 2.92. The minimum Gasteiger partial charge on any atom is -0.497 e. The summed E-state index contributed by atoms with van der Waals surface area (Å²) in [6.07, 6.45) is 0. The zero-order chi connectivity index (χ0) is 18.6. The van der Waals surface area contributed by atoms with Crippen molar-refractivity contribution in [1.82, 2.24) is 5.32 Å². The summed E-state index contributed by atoms with van der Waals surface area (Å²) in [5.41, 5.74) is 0.531. The van der Waals surface area contributed by atoms with Gasteiger partial charge in [0, 0.05) is 10.9 Å². The van der Waals surface area contributed by atoms with Crippen molar-refractivity contribution < 1.29 is 24.3 Å². The number of nitrogens with one attached hydrogen (secondary N) is 1. The first-order chi connectivity index (χ1) is 11.8. The molecule has 0 bridgehead atoms. The second-order valence-corrected chi connectivity index (χ2v) is 6.86. The highest BCUT2D eigenvalue weighted by Crippen LogP contribution is 2.28. The van der Waals surface area contributed by atoms with Crippen molar-refractivity contribution in [1.29, 1.82) is 0 Å². The number of benzene rings is 1. The number of methoxy groups -OCH3 is 1. The highest BCUT2D eigenvalue weighted by Gasteiger charge is 2.39. The normalized spacial score (nSPS) is 20.5. The first kappa shape index (κ1) is 18.8. The maximum atomic E-state index is 13.0. The second kappa shape index (κ2) is 8.06. The van der Waals surface area contributed by atoms with Gasteiger partial charge in [-0.15, -0.1) is 10.1 Å². The van der Waals surface area contributed by atoms with Gasteiger partial charge in [-0.1, -0.05) is 18.7 Å². The Labute approximate surface area is 148 Å².